The lowest BCUT2D eigenvalue weighted by atomic mass is 10.0. The summed E-state index contributed by atoms with van der Waals surface area (Å²) in [7, 11) is 0. The van der Waals surface area contributed by atoms with Crippen LogP contribution in [0.5, 0.6) is 0 Å². The molecule has 0 aliphatic rings. The lowest BCUT2D eigenvalue weighted by Crippen LogP contribution is -2.14. The van der Waals surface area contributed by atoms with Crippen molar-refractivity contribution < 1.29 is 10.2 Å². The largest absolute Gasteiger partial charge is 0.396 e. The van der Waals surface area contributed by atoms with Gasteiger partial charge in [0.15, 0.2) is 0 Å². The number of rotatable bonds is 4. The lowest BCUT2D eigenvalue weighted by Gasteiger charge is -2.11. The molecule has 0 radical (unpaired) electrons. The highest BCUT2D eigenvalue weighted by atomic mass is 79.9. The molecule has 1 rings (SSSR count). The maximum absolute atomic E-state index is 8.90. The van der Waals surface area contributed by atoms with Crippen LogP contribution in [0.3, 0.4) is 0 Å². The fourth-order valence-corrected chi connectivity index (χ4v) is 1.61. The van der Waals surface area contributed by atoms with Crippen molar-refractivity contribution in [3.05, 3.63) is 34.3 Å². The Bertz CT molecular complexity index is 259. The Balaban J connectivity index is 2.67. The first-order chi connectivity index (χ1) is 6.27. The van der Waals surface area contributed by atoms with Crippen LogP contribution in [0, 0.1) is 5.92 Å². The van der Waals surface area contributed by atoms with E-state index in [1.165, 1.54) is 0 Å². The molecule has 2 N–H and O–H groups in total. The van der Waals surface area contributed by atoms with Gasteiger partial charge in [0, 0.05) is 23.6 Å². The Kier molecular flexibility index (Phi) is 4.42. The van der Waals surface area contributed by atoms with Crippen LogP contribution in [-0.4, -0.2) is 23.4 Å². The van der Waals surface area contributed by atoms with E-state index in [0.717, 1.165) is 10.0 Å². The van der Waals surface area contributed by atoms with E-state index >= 15 is 0 Å². The summed E-state index contributed by atoms with van der Waals surface area (Å²) in [6.07, 6.45) is 0.703. The minimum atomic E-state index is -0.0568. The zero-order valence-corrected chi connectivity index (χ0v) is 8.87. The van der Waals surface area contributed by atoms with E-state index in [2.05, 4.69) is 15.9 Å². The number of halogens is 1. The summed E-state index contributed by atoms with van der Waals surface area (Å²) in [5.41, 5.74) is 1.12. The Hall–Kier alpha value is -0.380. The van der Waals surface area contributed by atoms with Crippen molar-refractivity contribution in [1.29, 1.82) is 0 Å². The van der Waals surface area contributed by atoms with Crippen LogP contribution in [0.4, 0.5) is 0 Å². The van der Waals surface area contributed by atoms with E-state index in [-0.39, 0.29) is 19.1 Å². The zero-order valence-electron chi connectivity index (χ0n) is 7.28. The number of aliphatic hydroxyl groups is 2. The van der Waals surface area contributed by atoms with Gasteiger partial charge in [-0.2, -0.15) is 0 Å². The Labute approximate surface area is 86.3 Å². The molecule has 0 spiro atoms. The molecule has 0 bridgehead atoms. The number of aliphatic hydroxyl groups excluding tert-OH is 2. The van der Waals surface area contributed by atoms with Gasteiger partial charge in [0.1, 0.15) is 0 Å². The first-order valence-electron chi connectivity index (χ1n) is 4.23. The molecular formula is C10H13BrO2. The van der Waals surface area contributed by atoms with Crippen molar-refractivity contribution in [2.75, 3.05) is 13.2 Å². The molecule has 13 heavy (non-hydrogen) atoms. The van der Waals surface area contributed by atoms with Crippen LogP contribution in [0.25, 0.3) is 0 Å². The quantitative estimate of drug-likeness (QED) is 0.845. The monoisotopic (exact) mass is 244 g/mol. The summed E-state index contributed by atoms with van der Waals surface area (Å²) < 4.78 is 1.03. The normalized spacial score (nSPS) is 10.8. The van der Waals surface area contributed by atoms with Gasteiger partial charge in [-0.3, -0.25) is 0 Å². The van der Waals surface area contributed by atoms with Gasteiger partial charge in [0.05, 0.1) is 0 Å². The van der Waals surface area contributed by atoms with Gasteiger partial charge in [0.2, 0.25) is 0 Å². The maximum atomic E-state index is 8.90. The SMILES string of the molecule is OCC(CO)Cc1ccccc1Br. The molecule has 0 heterocycles. The zero-order chi connectivity index (χ0) is 9.68. The third kappa shape index (κ3) is 3.10. The van der Waals surface area contributed by atoms with E-state index in [0.29, 0.717) is 6.42 Å². The Morgan fingerprint density at radius 1 is 1.15 bits per heavy atom. The molecule has 72 valence electrons. The van der Waals surface area contributed by atoms with Gasteiger partial charge in [-0.05, 0) is 18.1 Å². The molecule has 0 saturated heterocycles. The van der Waals surface area contributed by atoms with Crippen LogP contribution in [-0.2, 0) is 6.42 Å². The van der Waals surface area contributed by atoms with E-state index in [1.54, 1.807) is 0 Å². The van der Waals surface area contributed by atoms with Crippen molar-refractivity contribution in [2.24, 2.45) is 5.92 Å². The molecule has 0 aromatic heterocycles. The van der Waals surface area contributed by atoms with Crippen LogP contribution in [0.2, 0.25) is 0 Å². The van der Waals surface area contributed by atoms with Crippen LogP contribution < -0.4 is 0 Å². The minimum absolute atomic E-state index is 0.0256. The summed E-state index contributed by atoms with van der Waals surface area (Å²) in [6, 6.07) is 7.84. The first kappa shape index (κ1) is 10.7. The highest BCUT2D eigenvalue weighted by Crippen LogP contribution is 2.19. The van der Waals surface area contributed by atoms with Crippen molar-refractivity contribution in [1.82, 2.24) is 0 Å². The minimum Gasteiger partial charge on any atom is -0.396 e. The molecule has 3 heteroatoms. The van der Waals surface area contributed by atoms with Gasteiger partial charge in [-0.25, -0.2) is 0 Å². The lowest BCUT2D eigenvalue weighted by molar-refractivity contribution is 0.150. The van der Waals surface area contributed by atoms with Crippen molar-refractivity contribution in [3.63, 3.8) is 0 Å². The van der Waals surface area contributed by atoms with Gasteiger partial charge in [-0.15, -0.1) is 0 Å². The summed E-state index contributed by atoms with van der Waals surface area (Å²) in [5, 5.41) is 17.8. The average Bonchev–Trinajstić information content (AvgIpc) is 2.17. The standard InChI is InChI=1S/C10H13BrO2/c11-10-4-2-1-3-9(10)5-8(6-12)7-13/h1-4,8,12-13H,5-7H2. The molecule has 0 saturated carbocycles. The summed E-state index contributed by atoms with van der Waals surface area (Å²) in [6.45, 7) is 0.0513. The van der Waals surface area contributed by atoms with E-state index < -0.39 is 0 Å². The van der Waals surface area contributed by atoms with Crippen molar-refractivity contribution in [2.45, 2.75) is 6.42 Å². The van der Waals surface area contributed by atoms with Gasteiger partial charge in [-0.1, -0.05) is 34.1 Å². The Morgan fingerprint density at radius 3 is 2.31 bits per heavy atom. The molecule has 0 fully saturated rings. The molecule has 2 nitrogen and oxygen atoms in total. The van der Waals surface area contributed by atoms with Gasteiger partial charge >= 0.3 is 0 Å². The fraction of sp³-hybridized carbons (Fsp3) is 0.400. The second-order valence-corrected chi connectivity index (χ2v) is 3.88. The van der Waals surface area contributed by atoms with E-state index in [9.17, 15) is 0 Å². The molecule has 1 aromatic rings. The highest BCUT2D eigenvalue weighted by molar-refractivity contribution is 9.10. The predicted molar refractivity (Wildman–Crippen MR) is 55.5 cm³/mol. The van der Waals surface area contributed by atoms with Crippen LogP contribution >= 0.6 is 15.9 Å². The summed E-state index contributed by atoms with van der Waals surface area (Å²) in [5.74, 6) is -0.0568. The second-order valence-electron chi connectivity index (χ2n) is 3.03. The van der Waals surface area contributed by atoms with Crippen LogP contribution in [0.15, 0.2) is 28.7 Å². The number of hydrogen-bond acceptors (Lipinski definition) is 2. The van der Waals surface area contributed by atoms with E-state index in [1.807, 2.05) is 24.3 Å². The molecule has 0 aliphatic heterocycles. The molecule has 0 aliphatic carbocycles. The molecular weight excluding hydrogens is 232 g/mol. The topological polar surface area (TPSA) is 40.5 Å². The first-order valence-corrected chi connectivity index (χ1v) is 5.02. The predicted octanol–water partition coefficient (Wildman–Crippen LogP) is 1.59. The van der Waals surface area contributed by atoms with Gasteiger partial charge in [0.25, 0.3) is 0 Å². The second kappa shape index (κ2) is 5.37. The maximum Gasteiger partial charge on any atom is 0.0484 e. The van der Waals surface area contributed by atoms with Gasteiger partial charge < -0.3 is 10.2 Å². The third-order valence-corrected chi connectivity index (χ3v) is 2.76. The number of hydrogen-bond donors (Lipinski definition) is 2. The molecule has 0 amide bonds. The Morgan fingerprint density at radius 2 is 1.77 bits per heavy atom. The molecule has 1 aromatic carbocycles. The highest BCUT2D eigenvalue weighted by Gasteiger charge is 2.08. The van der Waals surface area contributed by atoms with Crippen LogP contribution in [0.1, 0.15) is 5.56 Å². The van der Waals surface area contributed by atoms with Crippen molar-refractivity contribution in [3.8, 4) is 0 Å². The smallest absolute Gasteiger partial charge is 0.0484 e. The number of benzene rings is 1. The fourth-order valence-electron chi connectivity index (χ4n) is 1.16. The molecule has 0 unspecified atom stereocenters. The summed E-state index contributed by atoms with van der Waals surface area (Å²) in [4.78, 5) is 0. The van der Waals surface area contributed by atoms with E-state index in [4.69, 9.17) is 10.2 Å². The third-order valence-electron chi connectivity index (χ3n) is 1.98. The summed E-state index contributed by atoms with van der Waals surface area (Å²) >= 11 is 3.42. The van der Waals surface area contributed by atoms with Crippen molar-refractivity contribution >= 4 is 15.9 Å². The average molecular weight is 245 g/mol. The molecule has 0 atom stereocenters.